The number of nitrogens with zero attached hydrogens (tertiary/aromatic N) is 1. The summed E-state index contributed by atoms with van der Waals surface area (Å²) in [7, 11) is 0. The third kappa shape index (κ3) is 2.11. The second kappa shape index (κ2) is 4.26. The molecule has 0 fully saturated rings. The zero-order valence-corrected chi connectivity index (χ0v) is 9.24. The summed E-state index contributed by atoms with van der Waals surface area (Å²) in [6.07, 6.45) is 0. The average molecular weight is 227 g/mol. The molecule has 0 spiro atoms. The number of nitriles is 1. The average Bonchev–Trinajstić information content (AvgIpc) is 2.29. The van der Waals surface area contributed by atoms with E-state index in [9.17, 15) is 9.50 Å². The lowest BCUT2D eigenvalue weighted by Gasteiger charge is -2.05. The molecular weight excluding hydrogens is 217 g/mol. The molecule has 2 aromatic rings. The number of phenols is 1. The smallest absolute Gasteiger partial charge is 0.133 e. The van der Waals surface area contributed by atoms with Gasteiger partial charge >= 0.3 is 0 Å². The van der Waals surface area contributed by atoms with Crippen molar-refractivity contribution in [3.63, 3.8) is 0 Å². The molecule has 2 nitrogen and oxygen atoms in total. The highest BCUT2D eigenvalue weighted by atomic mass is 19.1. The molecule has 0 bridgehead atoms. The number of hydrogen-bond acceptors (Lipinski definition) is 2. The van der Waals surface area contributed by atoms with E-state index in [-0.39, 0.29) is 17.1 Å². The van der Waals surface area contributed by atoms with Crippen LogP contribution in [0.25, 0.3) is 11.1 Å². The predicted molar refractivity (Wildman–Crippen MR) is 63.0 cm³/mol. The van der Waals surface area contributed by atoms with E-state index in [1.54, 1.807) is 18.2 Å². The second-order valence-electron chi connectivity index (χ2n) is 3.83. The molecule has 0 aromatic heterocycles. The lowest BCUT2D eigenvalue weighted by molar-refractivity contribution is 0.474. The van der Waals surface area contributed by atoms with Crippen LogP contribution in [-0.2, 0) is 0 Å². The van der Waals surface area contributed by atoms with Gasteiger partial charge in [-0.2, -0.15) is 5.26 Å². The molecule has 84 valence electrons. The molecule has 0 amide bonds. The van der Waals surface area contributed by atoms with Gasteiger partial charge in [0, 0.05) is 5.56 Å². The Labute approximate surface area is 98.6 Å². The maximum atomic E-state index is 13.7. The van der Waals surface area contributed by atoms with Crippen molar-refractivity contribution in [2.45, 2.75) is 6.92 Å². The molecule has 0 saturated heterocycles. The minimum Gasteiger partial charge on any atom is -0.507 e. The summed E-state index contributed by atoms with van der Waals surface area (Å²) < 4.78 is 13.7. The second-order valence-corrected chi connectivity index (χ2v) is 3.83. The first kappa shape index (κ1) is 11.2. The lowest BCUT2D eigenvalue weighted by Crippen LogP contribution is -1.86. The van der Waals surface area contributed by atoms with Crippen molar-refractivity contribution in [2.75, 3.05) is 0 Å². The van der Waals surface area contributed by atoms with Crippen LogP contribution in [0.2, 0.25) is 0 Å². The minimum atomic E-state index is -0.339. The Balaban J connectivity index is 2.54. The maximum Gasteiger partial charge on any atom is 0.133 e. The van der Waals surface area contributed by atoms with Crippen LogP contribution in [0.1, 0.15) is 11.1 Å². The normalized spacial score (nSPS) is 9.94. The number of aryl methyl sites for hydroxylation is 1. The standard InChI is InChI=1S/C14H10FNO/c1-9-2-5-12(13(15)6-9)10-3-4-11(8-16)14(17)7-10/h2-7,17H,1H3. The van der Waals surface area contributed by atoms with E-state index in [0.717, 1.165) is 5.56 Å². The van der Waals surface area contributed by atoms with Crippen LogP contribution in [-0.4, -0.2) is 5.11 Å². The summed E-state index contributed by atoms with van der Waals surface area (Å²) in [6, 6.07) is 11.2. The zero-order chi connectivity index (χ0) is 12.4. The van der Waals surface area contributed by atoms with E-state index in [0.29, 0.717) is 11.1 Å². The minimum absolute atomic E-state index is 0.134. The number of halogens is 1. The molecule has 0 unspecified atom stereocenters. The van der Waals surface area contributed by atoms with Crippen molar-refractivity contribution in [2.24, 2.45) is 0 Å². The first-order valence-electron chi connectivity index (χ1n) is 5.11. The summed E-state index contributed by atoms with van der Waals surface area (Å²) in [5, 5.41) is 18.2. The summed E-state index contributed by atoms with van der Waals surface area (Å²) in [5.74, 6) is -0.473. The Hall–Kier alpha value is -2.34. The van der Waals surface area contributed by atoms with Crippen LogP contribution < -0.4 is 0 Å². The van der Waals surface area contributed by atoms with Crippen LogP contribution in [0.3, 0.4) is 0 Å². The van der Waals surface area contributed by atoms with Gasteiger partial charge in [-0.05, 0) is 36.2 Å². The van der Waals surface area contributed by atoms with E-state index in [1.807, 2.05) is 13.0 Å². The first-order valence-corrected chi connectivity index (χ1v) is 5.11. The van der Waals surface area contributed by atoms with Gasteiger partial charge in [-0.15, -0.1) is 0 Å². The van der Waals surface area contributed by atoms with E-state index in [4.69, 9.17) is 5.26 Å². The van der Waals surface area contributed by atoms with Crippen LogP contribution in [0.4, 0.5) is 4.39 Å². The van der Waals surface area contributed by atoms with Crippen molar-refractivity contribution in [1.82, 2.24) is 0 Å². The highest BCUT2D eigenvalue weighted by molar-refractivity contribution is 5.67. The maximum absolute atomic E-state index is 13.7. The lowest BCUT2D eigenvalue weighted by atomic mass is 10.0. The zero-order valence-electron chi connectivity index (χ0n) is 9.24. The Morgan fingerprint density at radius 1 is 1.18 bits per heavy atom. The van der Waals surface area contributed by atoms with E-state index in [1.165, 1.54) is 18.2 Å². The molecule has 0 heterocycles. The van der Waals surface area contributed by atoms with Gasteiger partial charge < -0.3 is 5.11 Å². The quantitative estimate of drug-likeness (QED) is 0.811. The molecule has 0 atom stereocenters. The fraction of sp³-hybridized carbons (Fsp3) is 0.0714. The van der Waals surface area contributed by atoms with Crippen LogP contribution in [0.15, 0.2) is 36.4 Å². The molecule has 1 N–H and O–H groups in total. The molecule has 0 aliphatic heterocycles. The molecule has 0 radical (unpaired) electrons. The molecule has 0 saturated carbocycles. The molecule has 2 aromatic carbocycles. The Morgan fingerprint density at radius 2 is 1.94 bits per heavy atom. The first-order chi connectivity index (χ1) is 8.11. The van der Waals surface area contributed by atoms with Crippen molar-refractivity contribution >= 4 is 0 Å². The van der Waals surface area contributed by atoms with Gasteiger partial charge in [0.25, 0.3) is 0 Å². The summed E-state index contributed by atoms with van der Waals surface area (Å²) in [4.78, 5) is 0. The fourth-order valence-corrected chi connectivity index (χ4v) is 1.65. The Bertz CT molecular complexity index is 614. The van der Waals surface area contributed by atoms with Gasteiger partial charge in [-0.25, -0.2) is 4.39 Å². The largest absolute Gasteiger partial charge is 0.507 e. The van der Waals surface area contributed by atoms with E-state index in [2.05, 4.69) is 0 Å². The summed E-state index contributed by atoms with van der Waals surface area (Å²) in [5.41, 5.74) is 1.99. The topological polar surface area (TPSA) is 44.0 Å². The number of hydrogen-bond donors (Lipinski definition) is 1. The molecule has 17 heavy (non-hydrogen) atoms. The van der Waals surface area contributed by atoms with Crippen molar-refractivity contribution in [3.8, 4) is 22.9 Å². The van der Waals surface area contributed by atoms with Crippen LogP contribution in [0.5, 0.6) is 5.75 Å². The van der Waals surface area contributed by atoms with Crippen molar-refractivity contribution < 1.29 is 9.50 Å². The number of aromatic hydroxyl groups is 1. The third-order valence-electron chi connectivity index (χ3n) is 2.55. The van der Waals surface area contributed by atoms with Gasteiger partial charge in [0.05, 0.1) is 5.56 Å². The summed E-state index contributed by atoms with van der Waals surface area (Å²) in [6.45, 7) is 1.81. The van der Waals surface area contributed by atoms with Crippen LogP contribution in [0, 0.1) is 24.1 Å². The Morgan fingerprint density at radius 3 is 2.53 bits per heavy atom. The van der Waals surface area contributed by atoms with E-state index >= 15 is 0 Å². The monoisotopic (exact) mass is 227 g/mol. The van der Waals surface area contributed by atoms with Gasteiger partial charge in [-0.1, -0.05) is 18.2 Å². The summed E-state index contributed by atoms with van der Waals surface area (Å²) >= 11 is 0. The highest BCUT2D eigenvalue weighted by Gasteiger charge is 2.08. The van der Waals surface area contributed by atoms with Crippen molar-refractivity contribution in [1.29, 1.82) is 5.26 Å². The molecule has 0 aliphatic rings. The molecule has 0 aliphatic carbocycles. The van der Waals surface area contributed by atoms with Crippen molar-refractivity contribution in [3.05, 3.63) is 53.3 Å². The van der Waals surface area contributed by atoms with E-state index < -0.39 is 0 Å². The SMILES string of the molecule is Cc1ccc(-c2ccc(C#N)c(O)c2)c(F)c1. The molecular formula is C14H10FNO. The fourth-order valence-electron chi connectivity index (χ4n) is 1.65. The predicted octanol–water partition coefficient (Wildman–Crippen LogP) is 3.38. The van der Waals surface area contributed by atoms with Gasteiger partial charge in [0.1, 0.15) is 17.6 Å². The highest BCUT2D eigenvalue weighted by Crippen LogP contribution is 2.28. The third-order valence-corrected chi connectivity index (χ3v) is 2.55. The number of benzene rings is 2. The molecule has 3 heteroatoms. The van der Waals surface area contributed by atoms with Gasteiger partial charge in [0.15, 0.2) is 0 Å². The number of rotatable bonds is 1. The Kier molecular flexibility index (Phi) is 2.80. The molecule has 2 rings (SSSR count). The van der Waals surface area contributed by atoms with Gasteiger partial charge in [-0.3, -0.25) is 0 Å². The number of phenolic OH excluding ortho intramolecular Hbond substituents is 1. The van der Waals surface area contributed by atoms with Crippen LogP contribution >= 0.6 is 0 Å². The van der Waals surface area contributed by atoms with Gasteiger partial charge in [0.2, 0.25) is 0 Å².